The highest BCUT2D eigenvalue weighted by molar-refractivity contribution is 7.92. The first-order chi connectivity index (χ1) is 16.8. The van der Waals surface area contributed by atoms with Crippen LogP contribution in [0.5, 0.6) is 0 Å². The largest absolute Gasteiger partial charge is 0.512 e. The number of hydrogen-bond donors (Lipinski definition) is 3. The first-order valence-corrected chi connectivity index (χ1v) is 13.8. The third-order valence-corrected chi connectivity index (χ3v) is 7.70. The van der Waals surface area contributed by atoms with Gasteiger partial charge in [-0.2, -0.15) is 8.42 Å². The van der Waals surface area contributed by atoms with Gasteiger partial charge in [0.1, 0.15) is 11.4 Å². The first kappa shape index (κ1) is 27.5. The topological polar surface area (TPSA) is 132 Å². The molecule has 0 amide bonds. The highest BCUT2D eigenvalue weighted by Gasteiger charge is 2.45. The van der Waals surface area contributed by atoms with Gasteiger partial charge in [0.2, 0.25) is 0 Å². The third-order valence-electron chi connectivity index (χ3n) is 6.40. The number of rotatable bonds is 9. The maximum atomic E-state index is 13.4. The molecule has 0 bridgehead atoms. The highest BCUT2D eigenvalue weighted by atomic mass is 32.2. The van der Waals surface area contributed by atoms with Crippen LogP contribution < -0.4 is 10.5 Å². The Kier molecular flexibility index (Phi) is 8.03. The molecule has 1 aromatic heterocycles. The van der Waals surface area contributed by atoms with Crippen molar-refractivity contribution < 1.29 is 23.1 Å². The van der Waals surface area contributed by atoms with Crippen molar-refractivity contribution in [2.45, 2.75) is 83.3 Å². The van der Waals surface area contributed by atoms with E-state index in [2.05, 4.69) is 9.71 Å². The molecule has 0 radical (unpaired) electrons. The fourth-order valence-electron chi connectivity index (χ4n) is 5.04. The summed E-state index contributed by atoms with van der Waals surface area (Å²) in [7, 11) is -3.95. The molecule has 9 heteroatoms. The summed E-state index contributed by atoms with van der Waals surface area (Å²) in [5.41, 5.74) is 6.03. The maximum absolute atomic E-state index is 13.4. The van der Waals surface area contributed by atoms with E-state index in [0.717, 1.165) is 12.8 Å². The number of nitrogen functional groups attached to an aromatic ring is 1. The second-order valence-electron chi connectivity index (χ2n) is 10.6. The molecule has 0 spiro atoms. The fraction of sp³-hybridized carbons (Fsp3) is 0.481. The minimum absolute atomic E-state index is 0.0464. The summed E-state index contributed by atoms with van der Waals surface area (Å²) >= 11 is 0. The van der Waals surface area contributed by atoms with Crippen molar-refractivity contribution in [3.05, 3.63) is 59.5 Å². The summed E-state index contributed by atoms with van der Waals surface area (Å²) in [6, 6.07) is 9.64. The smallest absolute Gasteiger partial charge is 0.338 e. The minimum Gasteiger partial charge on any atom is -0.512 e. The average Bonchev–Trinajstić information content (AvgIpc) is 2.76. The molecule has 196 valence electrons. The Morgan fingerprint density at radius 1 is 1.17 bits per heavy atom. The number of nitrogens with one attached hydrogen (secondary N) is 1. The lowest BCUT2D eigenvalue weighted by molar-refractivity contribution is -0.161. The van der Waals surface area contributed by atoms with Gasteiger partial charge >= 0.3 is 5.97 Å². The zero-order chi connectivity index (χ0) is 26.7. The Balaban J connectivity index is 2.01. The molecular formula is C27H37N3O5S. The molecule has 2 heterocycles. The lowest BCUT2D eigenvalue weighted by Crippen LogP contribution is -2.42. The van der Waals surface area contributed by atoms with Crippen molar-refractivity contribution in [3.8, 4) is 0 Å². The summed E-state index contributed by atoms with van der Waals surface area (Å²) in [6.45, 7) is 9.98. The molecule has 3 rings (SSSR count). The summed E-state index contributed by atoms with van der Waals surface area (Å²) < 4.78 is 34.3. The van der Waals surface area contributed by atoms with E-state index in [1.54, 1.807) is 18.2 Å². The quantitative estimate of drug-likeness (QED) is 0.365. The van der Waals surface area contributed by atoms with Gasteiger partial charge in [-0.1, -0.05) is 59.6 Å². The van der Waals surface area contributed by atoms with Crippen LogP contribution in [0.25, 0.3) is 0 Å². The number of esters is 1. The lowest BCUT2D eigenvalue weighted by Gasteiger charge is -2.41. The molecule has 0 aliphatic carbocycles. The van der Waals surface area contributed by atoms with Gasteiger partial charge in [-0.3, -0.25) is 4.72 Å². The molecule has 0 fully saturated rings. The number of aromatic nitrogens is 1. The molecule has 0 saturated carbocycles. The number of nitrogens with zero attached hydrogens (tertiary/aromatic N) is 1. The second-order valence-corrected chi connectivity index (χ2v) is 12.2. The molecule has 8 nitrogen and oxygen atoms in total. The fourth-order valence-corrected chi connectivity index (χ4v) is 6.03. The molecule has 1 aliphatic heterocycles. The van der Waals surface area contributed by atoms with Crippen LogP contribution in [0.15, 0.2) is 59.0 Å². The number of hydrogen-bond acceptors (Lipinski definition) is 7. The van der Waals surface area contributed by atoms with Gasteiger partial charge in [-0.15, -0.1) is 0 Å². The van der Waals surface area contributed by atoms with Gasteiger partial charge in [0.25, 0.3) is 10.0 Å². The number of sulfonamides is 1. The molecular weight excluding hydrogens is 478 g/mol. The molecule has 1 atom stereocenters. The van der Waals surface area contributed by atoms with Gasteiger partial charge < -0.3 is 15.6 Å². The summed E-state index contributed by atoms with van der Waals surface area (Å²) in [4.78, 5) is 17.3. The number of aliphatic hydroxyl groups is 1. The predicted octanol–water partition coefficient (Wildman–Crippen LogP) is 5.69. The molecule has 1 aromatic carbocycles. The van der Waals surface area contributed by atoms with E-state index in [0.29, 0.717) is 29.8 Å². The number of ether oxygens (including phenoxy) is 1. The minimum atomic E-state index is -3.95. The number of aliphatic hydroxyl groups excluding tert-OH is 1. The van der Waals surface area contributed by atoms with Crippen molar-refractivity contribution in [2.24, 2.45) is 5.41 Å². The Morgan fingerprint density at radius 3 is 2.36 bits per heavy atom. The number of carbonyl (C=O) groups is 1. The van der Waals surface area contributed by atoms with E-state index < -0.39 is 32.9 Å². The van der Waals surface area contributed by atoms with E-state index in [1.165, 1.54) is 18.3 Å². The van der Waals surface area contributed by atoms with E-state index in [-0.39, 0.29) is 22.8 Å². The molecule has 0 saturated heterocycles. The standard InChI is InChI=1S/C27H37N3O5S/c1-6-13-27(14-7-2)16-21(31)23(25(32)35-27)24(26(3,4)5)18-9-8-10-20(15-18)30-36(33,34)22-12-11-19(28)17-29-22/h8-12,15,17,24,30-31H,6-7,13-14,16,28H2,1-5H3. The van der Waals surface area contributed by atoms with Crippen LogP contribution >= 0.6 is 0 Å². The summed E-state index contributed by atoms with van der Waals surface area (Å²) in [6.07, 6.45) is 4.59. The number of benzene rings is 1. The highest BCUT2D eigenvalue weighted by Crippen LogP contribution is 2.47. The number of pyridine rings is 1. The molecule has 1 unspecified atom stereocenters. The van der Waals surface area contributed by atoms with Crippen LogP contribution in [0.3, 0.4) is 0 Å². The van der Waals surface area contributed by atoms with E-state index in [1.807, 2.05) is 40.7 Å². The van der Waals surface area contributed by atoms with Crippen LogP contribution in [0.4, 0.5) is 11.4 Å². The van der Waals surface area contributed by atoms with E-state index in [9.17, 15) is 18.3 Å². The normalized spacial score (nSPS) is 17.0. The van der Waals surface area contributed by atoms with Crippen LogP contribution in [0.1, 0.15) is 78.2 Å². The maximum Gasteiger partial charge on any atom is 0.338 e. The lowest BCUT2D eigenvalue weighted by atomic mass is 9.70. The van der Waals surface area contributed by atoms with Crippen LogP contribution in [0.2, 0.25) is 0 Å². The van der Waals surface area contributed by atoms with Crippen LogP contribution in [-0.4, -0.2) is 30.1 Å². The molecule has 1 aliphatic rings. The van der Waals surface area contributed by atoms with Crippen molar-refractivity contribution in [1.29, 1.82) is 0 Å². The number of nitrogens with two attached hydrogens (primary N) is 1. The first-order valence-electron chi connectivity index (χ1n) is 12.3. The van der Waals surface area contributed by atoms with Gasteiger partial charge in [-0.25, -0.2) is 9.78 Å². The Hall–Kier alpha value is -3.07. The molecule has 2 aromatic rings. The van der Waals surface area contributed by atoms with Crippen molar-refractivity contribution in [2.75, 3.05) is 10.5 Å². The number of cyclic esters (lactones) is 1. The van der Waals surface area contributed by atoms with Gasteiger partial charge in [0.05, 0.1) is 17.5 Å². The van der Waals surface area contributed by atoms with Crippen molar-refractivity contribution in [3.63, 3.8) is 0 Å². The Labute approximate surface area is 214 Å². The van der Waals surface area contributed by atoms with E-state index >= 15 is 0 Å². The Bertz CT molecular complexity index is 1220. The number of carbonyl (C=O) groups excluding carboxylic acids is 1. The second kappa shape index (κ2) is 10.5. The van der Waals surface area contributed by atoms with Gasteiger partial charge in [0, 0.05) is 18.0 Å². The predicted molar refractivity (Wildman–Crippen MR) is 141 cm³/mol. The molecule has 36 heavy (non-hydrogen) atoms. The summed E-state index contributed by atoms with van der Waals surface area (Å²) in [5, 5.41) is 11.0. The van der Waals surface area contributed by atoms with Crippen LogP contribution in [0, 0.1) is 5.41 Å². The van der Waals surface area contributed by atoms with E-state index in [4.69, 9.17) is 10.5 Å². The van der Waals surface area contributed by atoms with Gasteiger partial charge in [-0.05, 0) is 48.1 Å². The summed E-state index contributed by atoms with van der Waals surface area (Å²) in [5.74, 6) is -0.992. The third kappa shape index (κ3) is 6.00. The van der Waals surface area contributed by atoms with Gasteiger partial charge in [0.15, 0.2) is 5.03 Å². The zero-order valence-corrected chi connectivity index (χ0v) is 22.5. The SMILES string of the molecule is CCCC1(CCC)CC(O)=C(C(c2cccc(NS(=O)(=O)c3ccc(N)cn3)c2)C(C)(C)C)C(=O)O1. The average molecular weight is 516 g/mol. The van der Waals surface area contributed by atoms with Crippen molar-refractivity contribution in [1.82, 2.24) is 4.98 Å². The van der Waals surface area contributed by atoms with Crippen molar-refractivity contribution >= 4 is 27.4 Å². The number of anilines is 2. The van der Waals surface area contributed by atoms with Crippen LogP contribution in [-0.2, 0) is 19.6 Å². The Morgan fingerprint density at radius 2 is 1.83 bits per heavy atom. The zero-order valence-electron chi connectivity index (χ0n) is 21.7. The molecule has 4 N–H and O–H groups in total. The monoisotopic (exact) mass is 515 g/mol.